The Kier molecular flexibility index (Phi) is 4.25. The maximum atomic E-state index is 13.1. The number of rotatable bonds is 3. The van der Waals surface area contributed by atoms with Crippen molar-refractivity contribution < 1.29 is 13.2 Å². The first-order valence-electron chi connectivity index (χ1n) is 9.07. The summed E-state index contributed by atoms with van der Waals surface area (Å²) in [5.41, 5.74) is 0.265. The zero-order valence-corrected chi connectivity index (χ0v) is 14.4. The minimum atomic E-state index is -4.46. The second kappa shape index (κ2) is 6.45. The maximum Gasteiger partial charge on any atom is 0.416 e. The first-order chi connectivity index (χ1) is 12.4. The van der Waals surface area contributed by atoms with E-state index in [2.05, 4.69) is 0 Å². The van der Waals surface area contributed by atoms with E-state index in [1.807, 2.05) is 16.7 Å². The molecule has 5 heteroatoms. The molecular weight excluding hydrogens is 339 g/mol. The van der Waals surface area contributed by atoms with E-state index < -0.39 is 11.7 Å². The Morgan fingerprint density at radius 3 is 2.38 bits per heavy atom. The lowest BCUT2D eigenvalue weighted by Gasteiger charge is -2.18. The van der Waals surface area contributed by atoms with Gasteiger partial charge >= 0.3 is 6.18 Å². The molecule has 26 heavy (non-hydrogen) atoms. The Bertz CT molecular complexity index is 1010. The predicted molar refractivity (Wildman–Crippen MR) is 97.3 cm³/mol. The average molecular weight is 359 g/mol. The van der Waals surface area contributed by atoms with Gasteiger partial charge in [0.1, 0.15) is 0 Å². The Morgan fingerprint density at radius 1 is 0.962 bits per heavy atom. The molecule has 0 unspecified atom stereocenters. The van der Waals surface area contributed by atoms with E-state index in [9.17, 15) is 18.0 Å². The highest BCUT2D eigenvalue weighted by Crippen LogP contribution is 2.32. The van der Waals surface area contributed by atoms with E-state index in [1.165, 1.54) is 31.7 Å². The second-order valence-electron chi connectivity index (χ2n) is 7.17. The lowest BCUT2D eigenvalue weighted by molar-refractivity contribution is -0.137. The summed E-state index contributed by atoms with van der Waals surface area (Å²) in [6, 6.07) is 10.7. The van der Waals surface area contributed by atoms with E-state index in [0.29, 0.717) is 23.4 Å². The minimum absolute atomic E-state index is 0.143. The van der Waals surface area contributed by atoms with Crippen LogP contribution in [0.1, 0.15) is 37.7 Å². The van der Waals surface area contributed by atoms with Crippen LogP contribution in [0.5, 0.6) is 0 Å². The molecule has 1 aromatic heterocycles. The highest BCUT2D eigenvalue weighted by atomic mass is 19.4. The zero-order chi connectivity index (χ0) is 18.3. The molecule has 0 spiro atoms. The van der Waals surface area contributed by atoms with Crippen molar-refractivity contribution in [3.63, 3.8) is 0 Å². The van der Waals surface area contributed by atoms with Gasteiger partial charge in [-0.05, 0) is 42.7 Å². The lowest BCUT2D eigenvalue weighted by atomic mass is 10.0. The van der Waals surface area contributed by atoms with Crippen LogP contribution in [-0.2, 0) is 12.7 Å². The van der Waals surface area contributed by atoms with Crippen molar-refractivity contribution in [1.29, 1.82) is 0 Å². The van der Waals surface area contributed by atoms with Crippen LogP contribution < -0.4 is 5.43 Å². The third-order valence-corrected chi connectivity index (χ3v) is 5.53. The van der Waals surface area contributed by atoms with Gasteiger partial charge in [0, 0.05) is 17.3 Å². The summed E-state index contributed by atoms with van der Waals surface area (Å²) in [7, 11) is 0. The van der Waals surface area contributed by atoms with E-state index >= 15 is 0 Å². The van der Waals surface area contributed by atoms with Crippen LogP contribution in [-0.4, -0.2) is 4.57 Å². The summed E-state index contributed by atoms with van der Waals surface area (Å²) in [4.78, 5) is 12.8. The van der Waals surface area contributed by atoms with Crippen molar-refractivity contribution in [1.82, 2.24) is 4.57 Å². The van der Waals surface area contributed by atoms with Gasteiger partial charge in [0.15, 0.2) is 5.43 Å². The van der Waals surface area contributed by atoms with E-state index in [0.717, 1.165) is 24.1 Å². The minimum Gasteiger partial charge on any atom is -0.340 e. The van der Waals surface area contributed by atoms with Crippen LogP contribution in [0.3, 0.4) is 0 Å². The van der Waals surface area contributed by atoms with E-state index in [1.54, 1.807) is 12.1 Å². The summed E-state index contributed by atoms with van der Waals surface area (Å²) in [6.07, 6.45) is 1.48. The number of pyridine rings is 1. The van der Waals surface area contributed by atoms with Crippen molar-refractivity contribution in [3.05, 3.63) is 58.3 Å². The number of alkyl halides is 3. The molecular formula is C21H20F3NO. The van der Waals surface area contributed by atoms with Gasteiger partial charge in [0.2, 0.25) is 0 Å². The third kappa shape index (κ3) is 3.00. The van der Waals surface area contributed by atoms with Crippen LogP contribution in [0.15, 0.2) is 47.3 Å². The molecule has 3 aromatic rings. The quantitative estimate of drug-likeness (QED) is 0.546. The first-order valence-corrected chi connectivity index (χ1v) is 9.07. The molecule has 2 nitrogen and oxygen atoms in total. The molecule has 0 radical (unpaired) electrons. The maximum absolute atomic E-state index is 13.1. The number of aromatic nitrogens is 1. The highest BCUT2D eigenvalue weighted by molar-refractivity contribution is 5.93. The van der Waals surface area contributed by atoms with Crippen LogP contribution in [0.2, 0.25) is 0 Å². The molecule has 0 atom stereocenters. The SMILES string of the molecule is O=c1c2ccccc2n(CCC2CCCC2)c2ccc(C(F)(F)F)cc12. The monoisotopic (exact) mass is 359 g/mol. The summed E-state index contributed by atoms with van der Waals surface area (Å²) < 4.78 is 41.3. The van der Waals surface area contributed by atoms with Crippen molar-refractivity contribution in [3.8, 4) is 0 Å². The number of halogens is 3. The molecule has 1 fully saturated rings. The van der Waals surface area contributed by atoms with Crippen molar-refractivity contribution >= 4 is 21.8 Å². The largest absolute Gasteiger partial charge is 0.416 e. The molecule has 1 saturated carbocycles. The van der Waals surface area contributed by atoms with Gasteiger partial charge in [-0.3, -0.25) is 4.79 Å². The molecule has 1 heterocycles. The smallest absolute Gasteiger partial charge is 0.340 e. The number of nitrogens with zero attached hydrogens (tertiary/aromatic N) is 1. The van der Waals surface area contributed by atoms with Crippen LogP contribution >= 0.6 is 0 Å². The van der Waals surface area contributed by atoms with Gasteiger partial charge in [-0.15, -0.1) is 0 Å². The van der Waals surface area contributed by atoms with Crippen LogP contribution in [0.25, 0.3) is 21.8 Å². The molecule has 0 amide bonds. The number of aryl methyl sites for hydroxylation is 1. The lowest BCUT2D eigenvalue weighted by Crippen LogP contribution is -2.14. The number of para-hydroxylation sites is 1. The van der Waals surface area contributed by atoms with Crippen molar-refractivity contribution in [2.75, 3.05) is 0 Å². The van der Waals surface area contributed by atoms with Crippen LogP contribution in [0, 0.1) is 5.92 Å². The molecule has 0 saturated heterocycles. The van der Waals surface area contributed by atoms with Gasteiger partial charge in [0.05, 0.1) is 16.6 Å². The van der Waals surface area contributed by atoms with Gasteiger partial charge in [0.25, 0.3) is 0 Å². The molecule has 2 aromatic carbocycles. The zero-order valence-electron chi connectivity index (χ0n) is 14.4. The fourth-order valence-electron chi connectivity index (χ4n) is 4.16. The Labute approximate surface area is 149 Å². The van der Waals surface area contributed by atoms with Gasteiger partial charge < -0.3 is 4.57 Å². The van der Waals surface area contributed by atoms with E-state index in [4.69, 9.17) is 0 Å². The Hall–Kier alpha value is -2.30. The molecule has 136 valence electrons. The summed E-state index contributed by atoms with van der Waals surface area (Å²) in [5, 5.41) is 0.621. The summed E-state index contributed by atoms with van der Waals surface area (Å²) in [5.74, 6) is 0.665. The second-order valence-corrected chi connectivity index (χ2v) is 7.17. The predicted octanol–water partition coefficient (Wildman–Crippen LogP) is 5.75. The highest BCUT2D eigenvalue weighted by Gasteiger charge is 2.31. The molecule has 4 rings (SSSR count). The Balaban J connectivity index is 1.91. The van der Waals surface area contributed by atoms with Crippen LogP contribution in [0.4, 0.5) is 13.2 Å². The fourth-order valence-corrected chi connectivity index (χ4v) is 4.16. The molecule has 0 N–H and O–H groups in total. The first kappa shape index (κ1) is 17.1. The normalized spacial score (nSPS) is 16.0. The molecule has 0 bridgehead atoms. The number of hydrogen-bond acceptors (Lipinski definition) is 1. The summed E-state index contributed by atoms with van der Waals surface area (Å²) >= 11 is 0. The fraction of sp³-hybridized carbons (Fsp3) is 0.381. The van der Waals surface area contributed by atoms with Gasteiger partial charge in [-0.1, -0.05) is 37.8 Å². The summed E-state index contributed by atoms with van der Waals surface area (Å²) in [6.45, 7) is 0.716. The van der Waals surface area contributed by atoms with Crippen molar-refractivity contribution in [2.24, 2.45) is 5.92 Å². The number of benzene rings is 2. The number of hydrogen-bond donors (Lipinski definition) is 0. The average Bonchev–Trinajstić information content (AvgIpc) is 3.14. The molecule has 0 aliphatic heterocycles. The van der Waals surface area contributed by atoms with Gasteiger partial charge in [-0.25, -0.2) is 0 Å². The molecule has 1 aliphatic carbocycles. The molecule has 1 aliphatic rings. The van der Waals surface area contributed by atoms with Crippen molar-refractivity contribution in [2.45, 2.75) is 44.8 Å². The Morgan fingerprint density at radius 2 is 1.65 bits per heavy atom. The number of fused-ring (bicyclic) bond motifs is 2. The standard InChI is InChI=1S/C21H20F3NO/c22-21(23,24)15-9-10-19-17(13-15)20(26)16-7-3-4-8-18(16)25(19)12-11-14-5-1-2-6-14/h3-4,7-10,13-14H,1-2,5-6,11-12H2. The third-order valence-electron chi connectivity index (χ3n) is 5.53. The van der Waals surface area contributed by atoms with Gasteiger partial charge in [-0.2, -0.15) is 13.2 Å². The topological polar surface area (TPSA) is 22.0 Å². The van der Waals surface area contributed by atoms with E-state index in [-0.39, 0.29) is 10.8 Å².